The molecular formula is C14H18O4. The van der Waals surface area contributed by atoms with Gasteiger partial charge in [0, 0.05) is 5.56 Å². The minimum absolute atomic E-state index is 0.000346. The highest BCUT2D eigenvalue weighted by Crippen LogP contribution is 2.16. The Morgan fingerprint density at radius 3 is 2.28 bits per heavy atom. The highest BCUT2D eigenvalue weighted by atomic mass is 16.6. The Morgan fingerprint density at radius 2 is 1.83 bits per heavy atom. The van der Waals surface area contributed by atoms with Gasteiger partial charge in [-0.25, -0.2) is 4.79 Å². The van der Waals surface area contributed by atoms with Gasteiger partial charge in [-0.15, -0.1) is 0 Å². The molecule has 0 aromatic heterocycles. The van der Waals surface area contributed by atoms with Gasteiger partial charge in [-0.1, -0.05) is 13.3 Å². The number of hydrogen-bond acceptors (Lipinski definition) is 4. The minimum Gasteiger partial charge on any atom is -0.479 e. The third-order valence-corrected chi connectivity index (χ3v) is 2.55. The molecule has 0 bridgehead atoms. The van der Waals surface area contributed by atoms with Crippen LogP contribution < -0.4 is 4.74 Å². The van der Waals surface area contributed by atoms with Crippen molar-refractivity contribution in [3.8, 4) is 5.75 Å². The van der Waals surface area contributed by atoms with Gasteiger partial charge in [0.2, 0.25) is 0 Å². The first-order chi connectivity index (χ1) is 8.58. The lowest BCUT2D eigenvalue weighted by Gasteiger charge is -2.16. The molecule has 1 aromatic carbocycles. The number of Topliss-reactive ketones (excluding diaryl/α,β-unsaturated/α-hetero) is 1. The molecule has 0 radical (unpaired) electrons. The van der Waals surface area contributed by atoms with Gasteiger partial charge >= 0.3 is 5.97 Å². The zero-order valence-electron chi connectivity index (χ0n) is 10.9. The zero-order chi connectivity index (χ0) is 13.5. The number of ether oxygens (including phenoxy) is 2. The highest BCUT2D eigenvalue weighted by Gasteiger charge is 2.19. The first kappa shape index (κ1) is 14.2. The summed E-state index contributed by atoms with van der Waals surface area (Å²) in [5.74, 6) is 0.177. The number of ketones is 1. The molecule has 0 fully saturated rings. The van der Waals surface area contributed by atoms with Crippen LogP contribution >= 0.6 is 0 Å². The van der Waals surface area contributed by atoms with Crippen molar-refractivity contribution in [1.82, 2.24) is 0 Å². The number of methoxy groups -OCH3 is 1. The van der Waals surface area contributed by atoms with Crippen LogP contribution in [0.1, 0.15) is 37.0 Å². The number of hydrogen-bond donors (Lipinski definition) is 0. The van der Waals surface area contributed by atoms with Gasteiger partial charge in [0.25, 0.3) is 0 Å². The molecule has 4 nitrogen and oxygen atoms in total. The van der Waals surface area contributed by atoms with Crippen LogP contribution in [0, 0.1) is 0 Å². The van der Waals surface area contributed by atoms with Gasteiger partial charge in [0.1, 0.15) is 5.75 Å². The summed E-state index contributed by atoms with van der Waals surface area (Å²) >= 11 is 0. The molecule has 0 aliphatic carbocycles. The largest absolute Gasteiger partial charge is 0.479 e. The van der Waals surface area contributed by atoms with Crippen LogP contribution in [0.3, 0.4) is 0 Å². The lowest BCUT2D eigenvalue weighted by Crippen LogP contribution is -2.28. The fourth-order valence-electron chi connectivity index (χ4n) is 1.55. The molecule has 0 aliphatic heterocycles. The molecule has 1 aromatic rings. The van der Waals surface area contributed by atoms with E-state index in [2.05, 4.69) is 4.74 Å². The maximum absolute atomic E-state index is 11.5. The van der Waals surface area contributed by atoms with Crippen LogP contribution in [-0.4, -0.2) is 25.0 Å². The molecular weight excluding hydrogens is 232 g/mol. The van der Waals surface area contributed by atoms with Crippen molar-refractivity contribution in [1.29, 1.82) is 0 Å². The molecule has 0 heterocycles. The van der Waals surface area contributed by atoms with Crippen molar-refractivity contribution >= 4 is 11.8 Å². The Morgan fingerprint density at radius 1 is 1.22 bits per heavy atom. The molecule has 1 rings (SSSR count). The van der Waals surface area contributed by atoms with E-state index in [1.54, 1.807) is 24.3 Å². The standard InChI is InChI=1S/C14H18O4/c1-4-5-13(14(16)17-3)18-12-8-6-11(7-9-12)10(2)15/h6-9,13H,4-5H2,1-3H3. The van der Waals surface area contributed by atoms with Crippen LogP contribution in [0.4, 0.5) is 0 Å². The Hall–Kier alpha value is -1.84. The number of benzene rings is 1. The average molecular weight is 250 g/mol. The minimum atomic E-state index is -0.594. The van der Waals surface area contributed by atoms with Crippen molar-refractivity contribution in [2.45, 2.75) is 32.8 Å². The lowest BCUT2D eigenvalue weighted by molar-refractivity contribution is -0.149. The fourth-order valence-corrected chi connectivity index (χ4v) is 1.55. The van der Waals surface area contributed by atoms with E-state index >= 15 is 0 Å². The van der Waals surface area contributed by atoms with E-state index in [1.165, 1.54) is 14.0 Å². The van der Waals surface area contributed by atoms with E-state index in [9.17, 15) is 9.59 Å². The summed E-state index contributed by atoms with van der Waals surface area (Å²) in [4.78, 5) is 22.6. The maximum Gasteiger partial charge on any atom is 0.347 e. The second-order valence-electron chi connectivity index (χ2n) is 4.00. The van der Waals surface area contributed by atoms with E-state index in [1.807, 2.05) is 6.92 Å². The number of carbonyl (C=O) groups is 2. The van der Waals surface area contributed by atoms with E-state index < -0.39 is 6.10 Å². The maximum atomic E-state index is 11.5. The smallest absolute Gasteiger partial charge is 0.347 e. The molecule has 0 spiro atoms. The van der Waals surface area contributed by atoms with Crippen LogP contribution in [0.25, 0.3) is 0 Å². The highest BCUT2D eigenvalue weighted by molar-refractivity contribution is 5.94. The third kappa shape index (κ3) is 3.87. The van der Waals surface area contributed by atoms with Gasteiger partial charge in [-0.2, -0.15) is 0 Å². The van der Waals surface area contributed by atoms with Crippen LogP contribution in [0.2, 0.25) is 0 Å². The molecule has 0 N–H and O–H groups in total. The van der Waals surface area contributed by atoms with Crippen molar-refractivity contribution < 1.29 is 19.1 Å². The van der Waals surface area contributed by atoms with E-state index in [0.717, 1.165) is 6.42 Å². The summed E-state index contributed by atoms with van der Waals surface area (Å²) in [5, 5.41) is 0. The van der Waals surface area contributed by atoms with Crippen LogP contribution in [-0.2, 0) is 9.53 Å². The summed E-state index contributed by atoms with van der Waals surface area (Å²) in [6.07, 6.45) is 0.829. The van der Waals surface area contributed by atoms with E-state index in [4.69, 9.17) is 4.74 Å². The van der Waals surface area contributed by atoms with Gasteiger partial charge in [0.05, 0.1) is 7.11 Å². The molecule has 1 atom stereocenters. The quantitative estimate of drug-likeness (QED) is 0.575. The van der Waals surface area contributed by atoms with Crippen molar-refractivity contribution in [3.05, 3.63) is 29.8 Å². The van der Waals surface area contributed by atoms with Gasteiger partial charge in [0.15, 0.2) is 11.9 Å². The molecule has 4 heteroatoms. The van der Waals surface area contributed by atoms with Crippen LogP contribution in [0.5, 0.6) is 5.75 Å². The number of rotatable bonds is 6. The second kappa shape index (κ2) is 6.79. The lowest BCUT2D eigenvalue weighted by atomic mass is 10.1. The van der Waals surface area contributed by atoms with Gasteiger partial charge in [-0.3, -0.25) is 4.79 Å². The normalized spacial score (nSPS) is 11.7. The Bertz CT molecular complexity index is 408. The summed E-state index contributed by atoms with van der Waals surface area (Å²) in [5.41, 5.74) is 0.618. The Kier molecular flexibility index (Phi) is 5.36. The van der Waals surface area contributed by atoms with Gasteiger partial charge < -0.3 is 9.47 Å². The summed E-state index contributed by atoms with van der Waals surface area (Å²) in [7, 11) is 1.34. The van der Waals surface area contributed by atoms with Crippen molar-refractivity contribution in [2.24, 2.45) is 0 Å². The Labute approximate surface area is 107 Å². The Balaban J connectivity index is 2.74. The molecule has 18 heavy (non-hydrogen) atoms. The summed E-state index contributed by atoms with van der Waals surface area (Å²) in [6, 6.07) is 6.72. The average Bonchev–Trinajstić information content (AvgIpc) is 2.38. The fraction of sp³-hybridized carbons (Fsp3) is 0.429. The molecule has 0 aliphatic rings. The molecule has 98 valence electrons. The SMILES string of the molecule is CCCC(Oc1ccc(C(C)=O)cc1)C(=O)OC. The first-order valence-corrected chi connectivity index (χ1v) is 5.94. The molecule has 0 saturated heterocycles. The third-order valence-electron chi connectivity index (χ3n) is 2.55. The summed E-state index contributed by atoms with van der Waals surface area (Å²) in [6.45, 7) is 3.47. The molecule has 0 saturated carbocycles. The van der Waals surface area contributed by atoms with E-state index in [0.29, 0.717) is 17.7 Å². The van der Waals surface area contributed by atoms with Gasteiger partial charge in [-0.05, 0) is 37.6 Å². The zero-order valence-corrected chi connectivity index (χ0v) is 10.9. The second-order valence-corrected chi connectivity index (χ2v) is 4.00. The number of carbonyl (C=O) groups excluding carboxylic acids is 2. The van der Waals surface area contributed by atoms with E-state index in [-0.39, 0.29) is 11.8 Å². The molecule has 0 amide bonds. The van der Waals surface area contributed by atoms with Crippen LogP contribution in [0.15, 0.2) is 24.3 Å². The monoisotopic (exact) mass is 250 g/mol. The first-order valence-electron chi connectivity index (χ1n) is 5.94. The topological polar surface area (TPSA) is 52.6 Å². The summed E-state index contributed by atoms with van der Waals surface area (Å²) < 4.78 is 10.2. The predicted octanol–water partition coefficient (Wildman–Crippen LogP) is 2.61. The molecule has 1 unspecified atom stereocenters. The predicted molar refractivity (Wildman–Crippen MR) is 67.8 cm³/mol. The van der Waals surface area contributed by atoms with Crippen molar-refractivity contribution in [2.75, 3.05) is 7.11 Å². The number of esters is 1. The van der Waals surface area contributed by atoms with Crippen molar-refractivity contribution in [3.63, 3.8) is 0 Å².